The third-order valence-electron chi connectivity index (χ3n) is 1.59. The zero-order chi connectivity index (χ0) is 9.14. The Bertz CT molecular complexity index is 306. The molecule has 1 aromatic rings. The second-order valence-corrected chi connectivity index (χ2v) is 2.47. The van der Waals surface area contributed by atoms with E-state index < -0.39 is 0 Å². The second kappa shape index (κ2) is 3.32. The number of aryl methyl sites for hydroxylation is 2. The first-order chi connectivity index (χ1) is 5.69. The van der Waals surface area contributed by atoms with Crippen LogP contribution >= 0.6 is 0 Å². The first-order valence-corrected chi connectivity index (χ1v) is 3.63. The van der Waals surface area contributed by atoms with Gasteiger partial charge in [0.1, 0.15) is 5.82 Å². The molecule has 0 aliphatic heterocycles. The fourth-order valence-corrected chi connectivity index (χ4v) is 1.08. The minimum Gasteiger partial charge on any atom is -0.308 e. The normalized spacial score (nSPS) is 9.58. The maximum atomic E-state index is 5.28. The highest BCUT2D eigenvalue weighted by atomic mass is 15.3. The van der Waals surface area contributed by atoms with Crippen molar-refractivity contribution in [3.8, 4) is 0 Å². The third-order valence-corrected chi connectivity index (χ3v) is 1.59. The molecule has 0 aromatic carbocycles. The summed E-state index contributed by atoms with van der Waals surface area (Å²) in [6.45, 7) is 7.37. The molecule has 0 atom stereocenters. The Morgan fingerprint density at radius 3 is 2.58 bits per heavy atom. The number of nitrogens with zero attached hydrogens (tertiary/aromatic N) is 2. The summed E-state index contributed by atoms with van der Waals surface area (Å²) in [6, 6.07) is 0. The van der Waals surface area contributed by atoms with Crippen LogP contribution < -0.4 is 11.3 Å². The van der Waals surface area contributed by atoms with Crippen molar-refractivity contribution in [1.82, 2.24) is 9.97 Å². The zero-order valence-corrected chi connectivity index (χ0v) is 7.26. The lowest BCUT2D eigenvalue weighted by Gasteiger charge is -2.07. The molecule has 64 valence electrons. The fourth-order valence-electron chi connectivity index (χ4n) is 1.08. The summed E-state index contributed by atoms with van der Waals surface area (Å²) >= 11 is 0. The van der Waals surface area contributed by atoms with Crippen molar-refractivity contribution in [2.24, 2.45) is 5.84 Å². The van der Waals surface area contributed by atoms with E-state index in [9.17, 15) is 0 Å². The van der Waals surface area contributed by atoms with Crippen molar-refractivity contribution in [2.45, 2.75) is 13.8 Å². The number of rotatable bonds is 2. The van der Waals surface area contributed by atoms with Crippen LogP contribution in [-0.2, 0) is 0 Å². The molecule has 0 aliphatic rings. The molecule has 0 fully saturated rings. The zero-order valence-electron chi connectivity index (χ0n) is 7.26. The van der Waals surface area contributed by atoms with Gasteiger partial charge in [0.2, 0.25) is 0 Å². The van der Waals surface area contributed by atoms with E-state index >= 15 is 0 Å². The Morgan fingerprint density at radius 2 is 2.08 bits per heavy atom. The Kier molecular flexibility index (Phi) is 2.40. The lowest BCUT2D eigenvalue weighted by Crippen LogP contribution is -2.12. The van der Waals surface area contributed by atoms with E-state index in [0.29, 0.717) is 11.6 Å². The summed E-state index contributed by atoms with van der Waals surface area (Å²) in [7, 11) is 0. The van der Waals surface area contributed by atoms with E-state index in [1.165, 1.54) is 0 Å². The van der Waals surface area contributed by atoms with Gasteiger partial charge in [0.25, 0.3) is 0 Å². The molecule has 0 bridgehead atoms. The van der Waals surface area contributed by atoms with Crippen molar-refractivity contribution in [1.29, 1.82) is 0 Å². The van der Waals surface area contributed by atoms with Gasteiger partial charge in [0, 0.05) is 5.56 Å². The lowest BCUT2D eigenvalue weighted by molar-refractivity contribution is 0.999. The molecule has 1 rings (SSSR count). The molecule has 0 unspecified atom stereocenters. The summed E-state index contributed by atoms with van der Waals surface area (Å²) < 4.78 is 0. The standard InChI is InChI=1S/C8H12N4/c1-4-7-5(2)10-6(3)11-8(7)12-9/h4H,1,9H2,2-3H3,(H,10,11,12). The fraction of sp³-hybridized carbons (Fsp3) is 0.250. The largest absolute Gasteiger partial charge is 0.308 e. The van der Waals surface area contributed by atoms with Crippen molar-refractivity contribution < 1.29 is 0 Å². The number of hydrogen-bond acceptors (Lipinski definition) is 4. The molecule has 0 aliphatic carbocycles. The molecule has 3 N–H and O–H groups in total. The smallest absolute Gasteiger partial charge is 0.151 e. The topological polar surface area (TPSA) is 63.8 Å². The molecule has 0 saturated carbocycles. The van der Waals surface area contributed by atoms with E-state index in [1.54, 1.807) is 6.08 Å². The summed E-state index contributed by atoms with van der Waals surface area (Å²) in [6.07, 6.45) is 1.68. The highest BCUT2D eigenvalue weighted by molar-refractivity contribution is 5.63. The van der Waals surface area contributed by atoms with Gasteiger partial charge in [0.05, 0.1) is 5.69 Å². The van der Waals surface area contributed by atoms with Crippen LogP contribution in [0.4, 0.5) is 5.82 Å². The first-order valence-electron chi connectivity index (χ1n) is 3.63. The van der Waals surface area contributed by atoms with E-state index in [0.717, 1.165) is 11.3 Å². The minimum atomic E-state index is 0.620. The average Bonchev–Trinajstić information content (AvgIpc) is 2.03. The number of nitrogen functional groups attached to an aromatic ring is 1. The summed E-state index contributed by atoms with van der Waals surface area (Å²) in [5, 5.41) is 0. The van der Waals surface area contributed by atoms with Gasteiger partial charge >= 0.3 is 0 Å². The van der Waals surface area contributed by atoms with Gasteiger partial charge in [-0.3, -0.25) is 0 Å². The molecule has 4 heteroatoms. The molecule has 1 heterocycles. The van der Waals surface area contributed by atoms with Gasteiger partial charge in [-0.25, -0.2) is 15.8 Å². The van der Waals surface area contributed by atoms with Gasteiger partial charge < -0.3 is 5.43 Å². The average molecular weight is 164 g/mol. The van der Waals surface area contributed by atoms with Crippen molar-refractivity contribution in [3.63, 3.8) is 0 Å². The Morgan fingerprint density at radius 1 is 1.42 bits per heavy atom. The van der Waals surface area contributed by atoms with Crippen LogP contribution in [0.1, 0.15) is 17.1 Å². The Hall–Kier alpha value is -1.42. The van der Waals surface area contributed by atoms with Crippen LogP contribution in [0.3, 0.4) is 0 Å². The molecular weight excluding hydrogens is 152 g/mol. The molecule has 0 radical (unpaired) electrons. The van der Waals surface area contributed by atoms with E-state index in [2.05, 4.69) is 22.0 Å². The van der Waals surface area contributed by atoms with E-state index in [4.69, 9.17) is 5.84 Å². The van der Waals surface area contributed by atoms with Gasteiger partial charge in [-0.15, -0.1) is 0 Å². The van der Waals surface area contributed by atoms with Crippen molar-refractivity contribution in [3.05, 3.63) is 23.7 Å². The molecule has 0 spiro atoms. The lowest BCUT2D eigenvalue weighted by atomic mass is 10.2. The molecule has 4 nitrogen and oxygen atoms in total. The van der Waals surface area contributed by atoms with Crippen LogP contribution in [-0.4, -0.2) is 9.97 Å². The minimum absolute atomic E-state index is 0.620. The highest BCUT2D eigenvalue weighted by Gasteiger charge is 2.04. The number of nitrogens with two attached hydrogens (primary N) is 1. The Balaban J connectivity index is 3.33. The maximum Gasteiger partial charge on any atom is 0.151 e. The van der Waals surface area contributed by atoms with Crippen LogP contribution in [0.15, 0.2) is 6.58 Å². The van der Waals surface area contributed by atoms with Crippen LogP contribution in [0, 0.1) is 13.8 Å². The van der Waals surface area contributed by atoms with Crippen LogP contribution in [0.25, 0.3) is 6.08 Å². The second-order valence-electron chi connectivity index (χ2n) is 2.47. The molecule has 12 heavy (non-hydrogen) atoms. The predicted octanol–water partition coefficient (Wildman–Crippen LogP) is 1.02. The van der Waals surface area contributed by atoms with Crippen molar-refractivity contribution in [2.75, 3.05) is 5.43 Å². The molecule has 0 amide bonds. The number of nitrogens with one attached hydrogen (secondary N) is 1. The number of anilines is 1. The third kappa shape index (κ3) is 1.43. The van der Waals surface area contributed by atoms with Gasteiger partial charge in [-0.2, -0.15) is 0 Å². The SMILES string of the molecule is C=Cc1c(C)nc(C)nc1NN. The van der Waals surface area contributed by atoms with Gasteiger partial charge in [-0.1, -0.05) is 12.7 Å². The number of hydrazine groups is 1. The number of aromatic nitrogens is 2. The summed E-state index contributed by atoms with van der Waals surface area (Å²) in [5.41, 5.74) is 4.24. The van der Waals surface area contributed by atoms with Gasteiger partial charge in [-0.05, 0) is 13.8 Å². The molecule has 0 saturated heterocycles. The first kappa shape index (κ1) is 8.67. The van der Waals surface area contributed by atoms with Crippen LogP contribution in [0.5, 0.6) is 0 Å². The van der Waals surface area contributed by atoms with Crippen molar-refractivity contribution >= 4 is 11.9 Å². The predicted molar refractivity (Wildman–Crippen MR) is 49.4 cm³/mol. The molecule has 1 aromatic heterocycles. The monoisotopic (exact) mass is 164 g/mol. The van der Waals surface area contributed by atoms with E-state index in [1.807, 2.05) is 13.8 Å². The number of hydrogen-bond donors (Lipinski definition) is 2. The Labute approximate surface area is 71.5 Å². The van der Waals surface area contributed by atoms with E-state index in [-0.39, 0.29) is 0 Å². The highest BCUT2D eigenvalue weighted by Crippen LogP contribution is 2.15. The van der Waals surface area contributed by atoms with Crippen LogP contribution in [0.2, 0.25) is 0 Å². The molecular formula is C8H12N4. The summed E-state index contributed by atoms with van der Waals surface area (Å²) in [4.78, 5) is 8.28. The van der Waals surface area contributed by atoms with Gasteiger partial charge in [0.15, 0.2) is 5.82 Å². The maximum absolute atomic E-state index is 5.28. The quantitative estimate of drug-likeness (QED) is 0.506. The summed E-state index contributed by atoms with van der Waals surface area (Å²) in [5.74, 6) is 6.60.